The molecule has 15 heavy (non-hydrogen) atoms. The maximum absolute atomic E-state index is 11.3. The van der Waals surface area contributed by atoms with Crippen molar-refractivity contribution in [3.05, 3.63) is 44.8 Å². The molecular formula is C10H10BrNO3. The molecule has 1 aromatic heterocycles. The molecule has 0 atom stereocenters. The maximum Gasteiger partial charge on any atom is 0.331 e. The molecule has 5 heteroatoms. The lowest BCUT2D eigenvalue weighted by atomic mass is 10.3. The fraction of sp³-hybridized carbons (Fsp3) is 0.200. The zero-order valence-corrected chi connectivity index (χ0v) is 9.69. The van der Waals surface area contributed by atoms with Gasteiger partial charge in [-0.1, -0.05) is 6.08 Å². The Labute approximate surface area is 95.0 Å². The zero-order valence-electron chi connectivity index (χ0n) is 8.11. The zero-order chi connectivity index (χ0) is 11.4. The number of nitrogens with zero attached hydrogens (tertiary/aromatic N) is 1. The fourth-order valence-electron chi connectivity index (χ4n) is 0.967. The average molecular weight is 272 g/mol. The molecule has 0 fully saturated rings. The van der Waals surface area contributed by atoms with Gasteiger partial charge >= 0.3 is 5.97 Å². The summed E-state index contributed by atoms with van der Waals surface area (Å²) in [5.41, 5.74) is 0.0644. The van der Waals surface area contributed by atoms with Gasteiger partial charge in [-0.25, -0.2) is 4.79 Å². The van der Waals surface area contributed by atoms with Crippen LogP contribution in [0.15, 0.2) is 39.2 Å². The topological polar surface area (TPSA) is 59.3 Å². The molecule has 0 saturated carbocycles. The summed E-state index contributed by atoms with van der Waals surface area (Å²) < 4.78 is 2.21. The average Bonchev–Trinajstić information content (AvgIpc) is 2.18. The molecule has 0 unspecified atom stereocenters. The van der Waals surface area contributed by atoms with E-state index < -0.39 is 5.97 Å². The maximum atomic E-state index is 11.3. The molecule has 0 aliphatic heterocycles. The number of carboxylic acids is 1. The SMILES string of the molecule is CC(=CCn1cc(Br)ccc1=O)C(=O)O. The van der Waals surface area contributed by atoms with Crippen LogP contribution in [0.5, 0.6) is 0 Å². The lowest BCUT2D eigenvalue weighted by molar-refractivity contribution is -0.132. The van der Waals surface area contributed by atoms with Gasteiger partial charge in [0, 0.05) is 28.9 Å². The van der Waals surface area contributed by atoms with Crippen molar-refractivity contribution in [3.63, 3.8) is 0 Å². The highest BCUT2D eigenvalue weighted by molar-refractivity contribution is 9.10. The molecule has 1 rings (SSSR count). The summed E-state index contributed by atoms with van der Waals surface area (Å²) in [5.74, 6) is -0.974. The van der Waals surface area contributed by atoms with E-state index in [0.29, 0.717) is 0 Å². The van der Waals surface area contributed by atoms with Crippen molar-refractivity contribution in [3.8, 4) is 0 Å². The minimum absolute atomic E-state index is 0.160. The highest BCUT2D eigenvalue weighted by Gasteiger charge is 1.99. The first kappa shape index (κ1) is 11.7. The third-order valence-corrected chi connectivity index (χ3v) is 2.35. The Hall–Kier alpha value is -1.36. The summed E-state index contributed by atoms with van der Waals surface area (Å²) in [6.45, 7) is 1.75. The molecular weight excluding hydrogens is 262 g/mol. The largest absolute Gasteiger partial charge is 0.478 e. The summed E-state index contributed by atoms with van der Waals surface area (Å²) in [6, 6.07) is 3.07. The summed E-state index contributed by atoms with van der Waals surface area (Å²) in [4.78, 5) is 21.8. The molecule has 80 valence electrons. The number of aliphatic carboxylic acids is 1. The highest BCUT2D eigenvalue weighted by Crippen LogP contribution is 2.05. The van der Waals surface area contributed by atoms with Gasteiger partial charge in [0.15, 0.2) is 0 Å². The second kappa shape index (κ2) is 4.93. The smallest absolute Gasteiger partial charge is 0.331 e. The van der Waals surface area contributed by atoms with Crippen molar-refractivity contribution in [2.24, 2.45) is 0 Å². The lowest BCUT2D eigenvalue weighted by Gasteiger charge is -2.02. The van der Waals surface area contributed by atoms with E-state index in [9.17, 15) is 9.59 Å². The van der Waals surface area contributed by atoms with E-state index >= 15 is 0 Å². The molecule has 1 aromatic rings. The van der Waals surface area contributed by atoms with E-state index in [2.05, 4.69) is 15.9 Å². The number of aromatic nitrogens is 1. The fourth-order valence-corrected chi connectivity index (χ4v) is 1.35. The Morgan fingerprint density at radius 3 is 2.87 bits per heavy atom. The van der Waals surface area contributed by atoms with Gasteiger partial charge in [-0.05, 0) is 28.9 Å². The van der Waals surface area contributed by atoms with Crippen molar-refractivity contribution in [2.45, 2.75) is 13.5 Å². The molecule has 0 bridgehead atoms. The Morgan fingerprint density at radius 1 is 1.60 bits per heavy atom. The van der Waals surface area contributed by atoms with Crippen molar-refractivity contribution in [1.82, 2.24) is 4.57 Å². The third kappa shape index (κ3) is 3.36. The van der Waals surface area contributed by atoms with E-state index in [4.69, 9.17) is 5.11 Å². The molecule has 0 spiro atoms. The number of pyridine rings is 1. The van der Waals surface area contributed by atoms with Crippen LogP contribution in [0, 0.1) is 0 Å². The first-order valence-corrected chi connectivity index (χ1v) is 5.06. The van der Waals surface area contributed by atoms with Gasteiger partial charge in [0.25, 0.3) is 5.56 Å². The number of rotatable bonds is 3. The normalized spacial score (nSPS) is 11.5. The van der Waals surface area contributed by atoms with Crippen molar-refractivity contribution in [2.75, 3.05) is 0 Å². The van der Waals surface area contributed by atoms with Gasteiger partial charge in [-0.15, -0.1) is 0 Å². The Balaban J connectivity index is 2.91. The highest BCUT2D eigenvalue weighted by atomic mass is 79.9. The Morgan fingerprint density at radius 2 is 2.27 bits per heavy atom. The van der Waals surface area contributed by atoms with Crippen LogP contribution in [0.4, 0.5) is 0 Å². The molecule has 1 heterocycles. The summed E-state index contributed by atoms with van der Waals surface area (Å²) in [7, 11) is 0. The molecule has 0 radical (unpaired) electrons. The molecule has 0 amide bonds. The minimum Gasteiger partial charge on any atom is -0.478 e. The molecule has 0 aliphatic rings. The van der Waals surface area contributed by atoms with E-state index in [-0.39, 0.29) is 17.7 Å². The Bertz CT molecular complexity index is 462. The monoisotopic (exact) mass is 271 g/mol. The van der Waals surface area contributed by atoms with Crippen LogP contribution in [0.25, 0.3) is 0 Å². The number of halogens is 1. The quantitative estimate of drug-likeness (QED) is 0.851. The molecule has 1 N–H and O–H groups in total. The van der Waals surface area contributed by atoms with Gasteiger partial charge in [0.2, 0.25) is 0 Å². The van der Waals surface area contributed by atoms with Crippen LogP contribution in [-0.2, 0) is 11.3 Å². The predicted molar refractivity (Wildman–Crippen MR) is 59.8 cm³/mol. The number of carboxylic acid groups (broad SMARTS) is 1. The van der Waals surface area contributed by atoms with Crippen LogP contribution < -0.4 is 5.56 Å². The number of hydrogen-bond acceptors (Lipinski definition) is 2. The van der Waals surface area contributed by atoms with Crippen LogP contribution in [0.2, 0.25) is 0 Å². The van der Waals surface area contributed by atoms with Gasteiger partial charge < -0.3 is 9.67 Å². The molecule has 4 nitrogen and oxygen atoms in total. The summed E-state index contributed by atoms with van der Waals surface area (Å²) >= 11 is 3.24. The van der Waals surface area contributed by atoms with E-state index in [1.54, 1.807) is 12.3 Å². The number of carbonyl (C=O) groups is 1. The second-order valence-corrected chi connectivity index (χ2v) is 3.95. The van der Waals surface area contributed by atoms with Crippen LogP contribution >= 0.6 is 15.9 Å². The predicted octanol–water partition coefficient (Wildman–Crippen LogP) is 1.64. The number of hydrogen-bond donors (Lipinski definition) is 1. The van der Waals surface area contributed by atoms with E-state index in [1.807, 2.05) is 0 Å². The van der Waals surface area contributed by atoms with Crippen molar-refractivity contribution in [1.29, 1.82) is 0 Å². The van der Waals surface area contributed by atoms with Crippen LogP contribution in [0.3, 0.4) is 0 Å². The third-order valence-electron chi connectivity index (χ3n) is 1.88. The van der Waals surface area contributed by atoms with Gasteiger partial charge in [-0.2, -0.15) is 0 Å². The van der Waals surface area contributed by atoms with Crippen LogP contribution in [0.1, 0.15) is 6.92 Å². The summed E-state index contributed by atoms with van der Waals surface area (Å²) in [5, 5.41) is 8.62. The van der Waals surface area contributed by atoms with Crippen molar-refractivity contribution < 1.29 is 9.90 Å². The number of allylic oxidation sites excluding steroid dienone is 1. The van der Waals surface area contributed by atoms with E-state index in [0.717, 1.165) is 4.47 Å². The standard InChI is InChI=1S/C10H10BrNO3/c1-7(10(14)15)4-5-12-6-8(11)2-3-9(12)13/h2-4,6H,5H2,1H3,(H,14,15). The van der Waals surface area contributed by atoms with Gasteiger partial charge in [0.05, 0.1) is 0 Å². The lowest BCUT2D eigenvalue weighted by Crippen LogP contribution is -2.17. The van der Waals surface area contributed by atoms with Crippen molar-refractivity contribution >= 4 is 21.9 Å². The first-order valence-electron chi connectivity index (χ1n) is 4.27. The van der Waals surface area contributed by atoms with E-state index in [1.165, 1.54) is 23.6 Å². The second-order valence-electron chi connectivity index (χ2n) is 3.03. The van der Waals surface area contributed by atoms with Gasteiger partial charge in [0.1, 0.15) is 0 Å². The first-order chi connectivity index (χ1) is 7.00. The molecule has 0 saturated heterocycles. The van der Waals surface area contributed by atoms with Gasteiger partial charge in [-0.3, -0.25) is 4.79 Å². The van der Waals surface area contributed by atoms with Crippen LogP contribution in [-0.4, -0.2) is 15.6 Å². The molecule has 0 aliphatic carbocycles. The Kier molecular flexibility index (Phi) is 3.85. The molecule has 0 aromatic carbocycles. The summed E-state index contributed by atoms with van der Waals surface area (Å²) in [6.07, 6.45) is 3.12. The minimum atomic E-state index is -0.974.